The maximum atomic E-state index is 13.7. The quantitative estimate of drug-likeness (QED) is 0.0554. The van der Waals surface area contributed by atoms with E-state index in [0.29, 0.717) is 18.0 Å². The van der Waals surface area contributed by atoms with Crippen molar-refractivity contribution in [2.75, 3.05) is 6.61 Å². The molecule has 1 fully saturated rings. The van der Waals surface area contributed by atoms with E-state index in [1.807, 2.05) is 60.7 Å². The van der Waals surface area contributed by atoms with E-state index < -0.39 is 36.1 Å². The Kier molecular flexibility index (Phi) is 14.5. The van der Waals surface area contributed by atoms with Crippen LogP contribution in [-0.4, -0.2) is 68.9 Å². The Hall–Kier alpha value is -5.13. The molecule has 1 heterocycles. The lowest BCUT2D eigenvalue weighted by molar-refractivity contribution is -0.132. The molecule has 4 aromatic rings. The van der Waals surface area contributed by atoms with Crippen LogP contribution >= 0.6 is 0 Å². The van der Waals surface area contributed by atoms with E-state index in [-0.39, 0.29) is 24.3 Å². The number of hydrogen-bond donors (Lipinski definition) is 5. The van der Waals surface area contributed by atoms with Gasteiger partial charge in [0.25, 0.3) is 5.91 Å². The molecule has 0 saturated heterocycles. The fourth-order valence-electron chi connectivity index (χ4n) is 6.09. The highest BCUT2D eigenvalue weighted by atomic mass is 16.5. The number of aliphatic hydroxyl groups excluding tert-OH is 1. The number of ether oxygens (including phenoxy) is 1. The number of benzene rings is 3. The molecule has 3 aromatic carbocycles. The minimum atomic E-state index is -1.98. The van der Waals surface area contributed by atoms with Gasteiger partial charge in [-0.3, -0.25) is 14.4 Å². The summed E-state index contributed by atoms with van der Waals surface area (Å²) in [6.07, 6.45) is 9.06. The van der Waals surface area contributed by atoms with Crippen molar-refractivity contribution in [3.63, 3.8) is 0 Å². The molecular weight excluding hydrogens is 695 g/mol. The summed E-state index contributed by atoms with van der Waals surface area (Å²) in [5, 5.41) is 28.3. The van der Waals surface area contributed by atoms with Gasteiger partial charge in [0.1, 0.15) is 11.8 Å². The Bertz CT molecular complexity index is 1830. The van der Waals surface area contributed by atoms with Crippen molar-refractivity contribution >= 4 is 17.7 Å². The molecule has 0 spiro atoms. The lowest BCUT2D eigenvalue weighted by Crippen LogP contribution is -2.54. The predicted octanol–water partition coefficient (Wildman–Crippen LogP) is 6.26. The van der Waals surface area contributed by atoms with E-state index in [1.54, 1.807) is 24.5 Å². The summed E-state index contributed by atoms with van der Waals surface area (Å²) in [6.45, 7) is 9.17. The Morgan fingerprint density at radius 1 is 0.800 bits per heavy atom. The molecule has 2 atom stereocenters. The molecule has 1 aromatic heterocycles. The highest BCUT2D eigenvalue weighted by molar-refractivity contribution is 5.97. The van der Waals surface area contributed by atoms with Gasteiger partial charge in [-0.05, 0) is 65.6 Å². The van der Waals surface area contributed by atoms with Crippen molar-refractivity contribution in [2.45, 2.75) is 115 Å². The summed E-state index contributed by atoms with van der Waals surface area (Å²) in [7, 11) is 0. The van der Waals surface area contributed by atoms with Gasteiger partial charge in [0, 0.05) is 41.5 Å². The van der Waals surface area contributed by atoms with Crippen LogP contribution in [0.2, 0.25) is 0 Å². The van der Waals surface area contributed by atoms with Crippen LogP contribution in [0.4, 0.5) is 0 Å². The Labute approximate surface area is 324 Å². The van der Waals surface area contributed by atoms with Gasteiger partial charge in [0.2, 0.25) is 11.8 Å². The molecule has 11 nitrogen and oxygen atoms in total. The second-order valence-corrected chi connectivity index (χ2v) is 15.4. The first-order chi connectivity index (χ1) is 26.4. The number of nitrogens with one attached hydrogen (secondary N) is 3. The third-order valence-corrected chi connectivity index (χ3v) is 9.68. The molecule has 0 radical (unpaired) electrons. The van der Waals surface area contributed by atoms with Gasteiger partial charge in [0.15, 0.2) is 12.1 Å². The lowest BCUT2D eigenvalue weighted by Gasteiger charge is -2.25. The zero-order chi connectivity index (χ0) is 39.4. The summed E-state index contributed by atoms with van der Waals surface area (Å²) in [6, 6.07) is 20.2. The van der Waals surface area contributed by atoms with Crippen molar-refractivity contribution in [3.8, 4) is 28.3 Å². The molecule has 3 amide bonds. The van der Waals surface area contributed by atoms with Crippen LogP contribution in [0.3, 0.4) is 0 Å². The number of unbranched alkanes of at least 4 members (excludes halogenated alkanes) is 4. The van der Waals surface area contributed by atoms with Crippen LogP contribution in [0.1, 0.15) is 101 Å². The maximum Gasteiger partial charge on any atom is 0.251 e. The van der Waals surface area contributed by atoms with Crippen LogP contribution in [-0.2, 0) is 21.4 Å². The zero-order valence-electron chi connectivity index (χ0n) is 32.4. The topological polar surface area (TPSA) is 163 Å². The van der Waals surface area contributed by atoms with Crippen LogP contribution in [0, 0.1) is 0 Å². The largest absolute Gasteiger partial charge is 0.494 e. The van der Waals surface area contributed by atoms with Crippen molar-refractivity contribution < 1.29 is 29.3 Å². The summed E-state index contributed by atoms with van der Waals surface area (Å²) in [5.41, 5.74) is 4.70. The minimum absolute atomic E-state index is 0.0787. The zero-order valence-corrected chi connectivity index (χ0v) is 32.4. The summed E-state index contributed by atoms with van der Waals surface area (Å²) < 4.78 is 5.90. The Morgan fingerprint density at radius 2 is 1.44 bits per heavy atom. The molecule has 292 valence electrons. The number of carbonyl (C=O) groups excluding carboxylic acids is 3. The molecular formula is C44H55N5O6. The Morgan fingerprint density at radius 3 is 2.04 bits per heavy atom. The van der Waals surface area contributed by atoms with Crippen LogP contribution < -0.4 is 20.7 Å². The summed E-state index contributed by atoms with van der Waals surface area (Å²) in [5.74, 6) is -0.130. The second-order valence-electron chi connectivity index (χ2n) is 15.4. The highest BCUT2D eigenvalue weighted by Gasteiger charge is 2.30. The minimum Gasteiger partial charge on any atom is -0.494 e. The third kappa shape index (κ3) is 12.7. The number of rotatable bonds is 19. The number of aromatic nitrogens is 2. The average molecular weight is 750 g/mol. The van der Waals surface area contributed by atoms with Gasteiger partial charge in [-0.1, -0.05) is 102 Å². The molecule has 1 aliphatic rings. The SMILES string of the molecule is CCCCCCCOc1ccc(-c2cnc(-c3ccc(C[C@H](NC(=O)c4ccc(C(C)(C)C)cc4)C(=O)N[C@@H](CC(=O)NC4CC4)C(O)O)cc3)nc2)cc1. The predicted molar refractivity (Wildman–Crippen MR) is 213 cm³/mol. The molecule has 11 heteroatoms. The van der Waals surface area contributed by atoms with E-state index in [9.17, 15) is 24.6 Å². The van der Waals surface area contributed by atoms with Crippen molar-refractivity contribution in [3.05, 3.63) is 102 Å². The average Bonchev–Trinajstić information content (AvgIpc) is 4.00. The monoisotopic (exact) mass is 749 g/mol. The van der Waals surface area contributed by atoms with Gasteiger partial charge in [-0.15, -0.1) is 0 Å². The van der Waals surface area contributed by atoms with Gasteiger partial charge in [-0.25, -0.2) is 9.97 Å². The molecule has 5 N–H and O–H groups in total. The molecule has 1 aliphatic carbocycles. The fraction of sp³-hybridized carbons (Fsp3) is 0.432. The van der Waals surface area contributed by atoms with Crippen molar-refractivity contribution in [2.24, 2.45) is 0 Å². The molecule has 0 aliphatic heterocycles. The maximum absolute atomic E-state index is 13.7. The van der Waals surface area contributed by atoms with E-state index in [1.165, 1.54) is 25.7 Å². The molecule has 0 bridgehead atoms. The van der Waals surface area contributed by atoms with Gasteiger partial charge in [0.05, 0.1) is 19.1 Å². The van der Waals surface area contributed by atoms with E-state index in [0.717, 1.165) is 52.8 Å². The molecule has 1 saturated carbocycles. The number of carbonyl (C=O) groups is 3. The van der Waals surface area contributed by atoms with Crippen molar-refractivity contribution in [1.82, 2.24) is 25.9 Å². The van der Waals surface area contributed by atoms with Crippen LogP contribution in [0.25, 0.3) is 22.5 Å². The van der Waals surface area contributed by atoms with Gasteiger partial charge in [-0.2, -0.15) is 0 Å². The fourth-order valence-corrected chi connectivity index (χ4v) is 6.09. The van der Waals surface area contributed by atoms with Crippen LogP contribution in [0.5, 0.6) is 5.75 Å². The molecule has 55 heavy (non-hydrogen) atoms. The lowest BCUT2D eigenvalue weighted by atomic mass is 9.86. The molecule has 0 unspecified atom stereocenters. The Balaban J connectivity index is 1.24. The van der Waals surface area contributed by atoms with E-state index in [2.05, 4.69) is 53.6 Å². The molecule has 5 rings (SSSR count). The summed E-state index contributed by atoms with van der Waals surface area (Å²) >= 11 is 0. The number of nitrogens with zero attached hydrogens (tertiary/aromatic N) is 2. The summed E-state index contributed by atoms with van der Waals surface area (Å²) in [4.78, 5) is 48.7. The highest BCUT2D eigenvalue weighted by Crippen LogP contribution is 2.25. The third-order valence-electron chi connectivity index (χ3n) is 9.68. The van der Waals surface area contributed by atoms with E-state index >= 15 is 0 Å². The first-order valence-electron chi connectivity index (χ1n) is 19.4. The smallest absolute Gasteiger partial charge is 0.251 e. The normalized spacial score (nSPS) is 13.9. The van der Waals surface area contributed by atoms with Crippen molar-refractivity contribution in [1.29, 1.82) is 0 Å². The van der Waals surface area contributed by atoms with E-state index in [4.69, 9.17) is 4.74 Å². The number of hydrogen-bond acceptors (Lipinski definition) is 8. The second kappa shape index (κ2) is 19.5. The standard InChI is InChI=1S/C44H55N5O6/c1-5-6-7-8-9-24-55-36-22-16-30(17-23-36)33-27-45-40(46-28-33)31-12-10-29(11-13-31)25-37(48-41(51)32-14-18-34(19-15-32)44(2,3)4)42(52)49-38(43(53)54)26-39(50)47-35-20-21-35/h10-19,22-23,27-28,35,37-38,43,53-54H,5-9,20-21,24-26H2,1-4H3,(H,47,50)(H,48,51)(H,49,52)/t37-,38-/m0/s1. The van der Waals surface area contributed by atoms with Crippen LogP contribution in [0.15, 0.2) is 85.2 Å². The number of aliphatic hydroxyl groups is 2. The van der Waals surface area contributed by atoms with Gasteiger partial charge < -0.3 is 30.9 Å². The first kappa shape index (κ1) is 41.0. The van der Waals surface area contributed by atoms with Gasteiger partial charge >= 0.3 is 0 Å². The first-order valence-corrected chi connectivity index (χ1v) is 19.4. The number of amides is 3.